The predicted octanol–water partition coefficient (Wildman–Crippen LogP) is 1.78. The molecule has 0 aliphatic rings. The number of aromatic nitrogens is 2. The van der Waals surface area contributed by atoms with Gasteiger partial charge in [0, 0.05) is 6.61 Å². The molecule has 7 heteroatoms. The van der Waals surface area contributed by atoms with Gasteiger partial charge < -0.3 is 15.2 Å². The fraction of sp³-hybridized carbons (Fsp3) is 0.615. The third-order valence-corrected chi connectivity index (χ3v) is 2.36. The van der Waals surface area contributed by atoms with Gasteiger partial charge in [0.1, 0.15) is 17.9 Å². The summed E-state index contributed by atoms with van der Waals surface area (Å²) in [5.41, 5.74) is 5.47. The third kappa shape index (κ3) is 3.80. The quantitative estimate of drug-likeness (QED) is 0.846. The first kappa shape index (κ1) is 16.2. The van der Waals surface area contributed by atoms with Crippen LogP contribution in [0.15, 0.2) is 0 Å². The number of Topliss-reactive ketones (excluding diaryl/α,β-unsaturated/α-hetero) is 1. The molecule has 0 fully saturated rings. The highest BCUT2D eigenvalue weighted by molar-refractivity contribution is 6.00. The SMILES string of the molecule is CCOCC(=O)c1c(C)nc(N)n1C(=O)OC(C)(C)C. The summed E-state index contributed by atoms with van der Waals surface area (Å²) < 4.78 is 11.3. The van der Waals surface area contributed by atoms with E-state index >= 15 is 0 Å². The van der Waals surface area contributed by atoms with Crippen molar-refractivity contribution in [2.24, 2.45) is 0 Å². The normalized spacial score (nSPS) is 11.4. The Morgan fingerprint density at radius 3 is 2.45 bits per heavy atom. The monoisotopic (exact) mass is 283 g/mol. The second kappa shape index (κ2) is 6.04. The molecule has 0 aliphatic carbocycles. The molecule has 0 unspecified atom stereocenters. The van der Waals surface area contributed by atoms with Crippen LogP contribution >= 0.6 is 0 Å². The van der Waals surface area contributed by atoms with E-state index in [-0.39, 0.29) is 24.0 Å². The molecule has 0 spiro atoms. The highest BCUT2D eigenvalue weighted by atomic mass is 16.6. The number of ketones is 1. The van der Waals surface area contributed by atoms with E-state index in [2.05, 4.69) is 4.98 Å². The van der Waals surface area contributed by atoms with Gasteiger partial charge in [0.2, 0.25) is 11.7 Å². The minimum absolute atomic E-state index is 0.0726. The Balaban J connectivity index is 3.13. The van der Waals surface area contributed by atoms with Crippen molar-refractivity contribution in [3.8, 4) is 0 Å². The van der Waals surface area contributed by atoms with E-state index in [0.29, 0.717) is 12.3 Å². The van der Waals surface area contributed by atoms with Crippen molar-refractivity contribution in [1.29, 1.82) is 0 Å². The fourth-order valence-electron chi connectivity index (χ4n) is 1.63. The number of hydrogen-bond acceptors (Lipinski definition) is 6. The largest absolute Gasteiger partial charge is 0.443 e. The maximum Gasteiger partial charge on any atom is 0.422 e. The standard InChI is InChI=1S/C13H21N3O4/c1-6-19-7-9(17)10-8(2)15-11(14)16(10)12(18)20-13(3,4)5/h6-7H2,1-5H3,(H2,14,15). The van der Waals surface area contributed by atoms with E-state index in [1.807, 2.05) is 0 Å². The molecular weight excluding hydrogens is 262 g/mol. The smallest absolute Gasteiger partial charge is 0.422 e. The number of nitrogens with two attached hydrogens (primary N) is 1. The topological polar surface area (TPSA) is 96.4 Å². The molecule has 1 rings (SSSR count). The van der Waals surface area contributed by atoms with Gasteiger partial charge in [-0.05, 0) is 34.6 Å². The number of carbonyl (C=O) groups is 2. The molecule has 1 aromatic rings. The fourth-order valence-corrected chi connectivity index (χ4v) is 1.63. The number of aryl methyl sites for hydroxylation is 1. The summed E-state index contributed by atoms with van der Waals surface area (Å²) in [6.07, 6.45) is -0.726. The van der Waals surface area contributed by atoms with Crippen molar-refractivity contribution in [2.75, 3.05) is 18.9 Å². The molecule has 0 aliphatic heterocycles. The van der Waals surface area contributed by atoms with Crippen molar-refractivity contribution in [3.63, 3.8) is 0 Å². The summed E-state index contributed by atoms with van der Waals surface area (Å²) in [5, 5.41) is 0. The average molecular weight is 283 g/mol. The second-order valence-electron chi connectivity index (χ2n) is 5.28. The summed E-state index contributed by atoms with van der Waals surface area (Å²) in [6, 6.07) is 0. The summed E-state index contributed by atoms with van der Waals surface area (Å²) >= 11 is 0. The van der Waals surface area contributed by atoms with Crippen LogP contribution in [-0.4, -0.2) is 40.2 Å². The van der Waals surface area contributed by atoms with Gasteiger partial charge in [-0.1, -0.05) is 0 Å². The molecule has 0 atom stereocenters. The molecule has 2 N–H and O–H groups in total. The first-order valence-electron chi connectivity index (χ1n) is 6.36. The highest BCUT2D eigenvalue weighted by Crippen LogP contribution is 2.17. The van der Waals surface area contributed by atoms with Crippen molar-refractivity contribution in [3.05, 3.63) is 11.4 Å². The Morgan fingerprint density at radius 1 is 1.35 bits per heavy atom. The number of carbonyl (C=O) groups excluding carboxylic acids is 2. The van der Waals surface area contributed by atoms with Crippen LogP contribution in [0.5, 0.6) is 0 Å². The van der Waals surface area contributed by atoms with Crippen LogP contribution in [0.1, 0.15) is 43.9 Å². The van der Waals surface area contributed by atoms with Crippen LogP contribution in [0.3, 0.4) is 0 Å². The maximum atomic E-state index is 12.1. The highest BCUT2D eigenvalue weighted by Gasteiger charge is 2.27. The molecule has 112 valence electrons. The zero-order chi connectivity index (χ0) is 15.5. The number of nitrogen functional groups attached to an aromatic ring is 1. The first-order valence-corrected chi connectivity index (χ1v) is 6.36. The van der Waals surface area contributed by atoms with Crippen molar-refractivity contribution < 1.29 is 19.1 Å². The van der Waals surface area contributed by atoms with Gasteiger partial charge in [-0.15, -0.1) is 0 Å². The minimum atomic E-state index is -0.726. The number of rotatable bonds is 4. The first-order chi connectivity index (χ1) is 9.17. The number of hydrogen-bond donors (Lipinski definition) is 1. The molecule has 20 heavy (non-hydrogen) atoms. The number of nitrogens with zero attached hydrogens (tertiary/aromatic N) is 2. The number of ether oxygens (including phenoxy) is 2. The van der Waals surface area contributed by atoms with Crippen LogP contribution in [-0.2, 0) is 9.47 Å². The van der Waals surface area contributed by atoms with Crippen LogP contribution < -0.4 is 5.73 Å². The summed E-state index contributed by atoms with van der Waals surface area (Å²) in [4.78, 5) is 28.2. The number of anilines is 1. The summed E-state index contributed by atoms with van der Waals surface area (Å²) in [5.74, 6) is -0.434. The van der Waals surface area contributed by atoms with E-state index in [9.17, 15) is 9.59 Å². The molecule has 0 radical (unpaired) electrons. The van der Waals surface area contributed by atoms with Crippen LogP contribution in [0.25, 0.3) is 0 Å². The van der Waals surface area contributed by atoms with Crippen LogP contribution in [0.2, 0.25) is 0 Å². The Kier molecular flexibility index (Phi) is 4.88. The number of imidazole rings is 1. The molecule has 1 aromatic heterocycles. The van der Waals surface area contributed by atoms with E-state index in [4.69, 9.17) is 15.2 Å². The Hall–Kier alpha value is -1.89. The zero-order valence-corrected chi connectivity index (χ0v) is 12.5. The minimum Gasteiger partial charge on any atom is -0.443 e. The molecular formula is C13H21N3O4. The molecule has 1 heterocycles. The van der Waals surface area contributed by atoms with Gasteiger partial charge >= 0.3 is 6.09 Å². The molecule has 0 aromatic carbocycles. The molecule has 0 bridgehead atoms. The maximum absolute atomic E-state index is 12.1. The van der Waals surface area contributed by atoms with E-state index in [1.54, 1.807) is 34.6 Å². The Morgan fingerprint density at radius 2 is 1.95 bits per heavy atom. The van der Waals surface area contributed by atoms with Gasteiger partial charge in [-0.2, -0.15) is 0 Å². The van der Waals surface area contributed by atoms with Gasteiger partial charge in [-0.25, -0.2) is 14.3 Å². The molecule has 0 saturated heterocycles. The Bertz CT molecular complexity index is 514. The Labute approximate surface area is 118 Å². The van der Waals surface area contributed by atoms with Crippen molar-refractivity contribution in [2.45, 2.75) is 40.2 Å². The summed E-state index contributed by atoms with van der Waals surface area (Å²) in [7, 11) is 0. The van der Waals surface area contributed by atoms with E-state index in [1.165, 1.54) is 0 Å². The van der Waals surface area contributed by atoms with Crippen molar-refractivity contribution >= 4 is 17.8 Å². The molecule has 7 nitrogen and oxygen atoms in total. The van der Waals surface area contributed by atoms with Crippen LogP contribution in [0.4, 0.5) is 10.7 Å². The van der Waals surface area contributed by atoms with Crippen molar-refractivity contribution in [1.82, 2.24) is 9.55 Å². The second-order valence-corrected chi connectivity index (χ2v) is 5.28. The molecule has 0 saturated carbocycles. The lowest BCUT2D eigenvalue weighted by Crippen LogP contribution is -2.30. The van der Waals surface area contributed by atoms with Crippen LogP contribution in [0, 0.1) is 6.92 Å². The van der Waals surface area contributed by atoms with Gasteiger partial charge in [0.25, 0.3) is 0 Å². The lowest BCUT2D eigenvalue weighted by Gasteiger charge is -2.20. The van der Waals surface area contributed by atoms with E-state index < -0.39 is 11.7 Å². The van der Waals surface area contributed by atoms with Gasteiger partial charge in [-0.3, -0.25) is 4.79 Å². The van der Waals surface area contributed by atoms with Gasteiger partial charge in [0.15, 0.2) is 0 Å². The zero-order valence-electron chi connectivity index (χ0n) is 12.5. The van der Waals surface area contributed by atoms with E-state index in [0.717, 1.165) is 4.57 Å². The van der Waals surface area contributed by atoms with Gasteiger partial charge in [0.05, 0.1) is 5.69 Å². The third-order valence-electron chi connectivity index (χ3n) is 2.36. The average Bonchev–Trinajstić information content (AvgIpc) is 2.58. The lowest BCUT2D eigenvalue weighted by atomic mass is 10.2. The summed E-state index contributed by atoms with van der Waals surface area (Å²) in [6.45, 7) is 8.84. The predicted molar refractivity (Wildman–Crippen MR) is 73.8 cm³/mol. The molecule has 0 amide bonds. The lowest BCUT2D eigenvalue weighted by molar-refractivity contribution is 0.0524.